The minimum atomic E-state index is -0.369. The smallest absolute Gasteiger partial charge is 0.0991 e. The van der Waals surface area contributed by atoms with Gasteiger partial charge in [0.2, 0.25) is 0 Å². The fraction of sp³-hybridized carbons (Fsp3) is 0.0789. The molecule has 0 radical (unpaired) electrons. The molecule has 2 heterocycles. The van der Waals surface area contributed by atoms with Crippen molar-refractivity contribution in [2.75, 3.05) is 0 Å². The molecule has 6 aromatic rings. The van der Waals surface area contributed by atoms with Gasteiger partial charge in [0, 0.05) is 26.6 Å². The average molecular weight is 541 g/mol. The van der Waals surface area contributed by atoms with Crippen LogP contribution in [-0.2, 0) is 11.8 Å². The Morgan fingerprint density at radius 1 is 0.707 bits per heavy atom. The number of hydrogen-bond acceptors (Lipinski definition) is 2. The van der Waals surface area contributed by atoms with Gasteiger partial charge in [-0.05, 0) is 100 Å². The van der Waals surface area contributed by atoms with Crippen molar-refractivity contribution >= 4 is 28.7 Å². The number of fused-ring (bicyclic) bond motifs is 12. The Bertz CT molecular complexity index is 2090. The van der Waals surface area contributed by atoms with E-state index in [1.807, 2.05) is 23.9 Å². The summed E-state index contributed by atoms with van der Waals surface area (Å²) in [5, 5.41) is 10.7. The van der Waals surface area contributed by atoms with E-state index in [0.29, 0.717) is 5.56 Å². The van der Waals surface area contributed by atoms with Crippen LogP contribution in [0.1, 0.15) is 45.5 Å². The lowest BCUT2D eigenvalue weighted by molar-refractivity contribution is 0.724. The number of nitriles is 1. The molecule has 0 fully saturated rings. The van der Waals surface area contributed by atoms with Gasteiger partial charge >= 0.3 is 0 Å². The van der Waals surface area contributed by atoms with Crippen molar-refractivity contribution in [3.8, 4) is 22.9 Å². The zero-order valence-electron chi connectivity index (χ0n) is 22.3. The molecule has 3 aliphatic rings. The van der Waals surface area contributed by atoms with Gasteiger partial charge in [0.25, 0.3) is 0 Å². The van der Waals surface area contributed by atoms with E-state index in [1.54, 1.807) is 0 Å². The summed E-state index contributed by atoms with van der Waals surface area (Å²) in [6, 6.07) is 42.2. The van der Waals surface area contributed by atoms with E-state index in [2.05, 4.69) is 120 Å². The summed E-state index contributed by atoms with van der Waals surface area (Å²) in [6.07, 6.45) is 6.64. The van der Waals surface area contributed by atoms with Gasteiger partial charge < -0.3 is 4.57 Å². The number of allylic oxidation sites excluding steroid dienone is 1. The molecule has 0 N–H and O–H groups in total. The second-order valence-corrected chi connectivity index (χ2v) is 12.2. The zero-order valence-corrected chi connectivity index (χ0v) is 23.1. The molecule has 0 bridgehead atoms. The zero-order chi connectivity index (χ0) is 27.1. The quantitative estimate of drug-likeness (QED) is 0.208. The van der Waals surface area contributed by atoms with Gasteiger partial charge in [0.1, 0.15) is 0 Å². The minimum Gasteiger partial charge on any atom is -0.310 e. The standard InChI is InChI=1S/C38H24N2S/c39-23-24-17-19-25(20-18-24)40-34-15-7-3-11-28(34)29-21-33-37(22-35(29)40)41-36-16-8-6-14-32(36)38(33)30-12-4-1-9-26(30)27-10-2-5-13-31(27)38/h1-2,4-10,12-22H,3,11H2. The molecule has 9 rings (SSSR count). The predicted octanol–water partition coefficient (Wildman–Crippen LogP) is 9.29. The normalized spacial score (nSPS) is 15.1. The van der Waals surface area contributed by atoms with E-state index in [1.165, 1.54) is 65.3 Å². The van der Waals surface area contributed by atoms with Crippen LogP contribution in [0.25, 0.3) is 33.8 Å². The molecule has 0 saturated heterocycles. The molecule has 5 aromatic carbocycles. The molecule has 3 heteroatoms. The van der Waals surface area contributed by atoms with Crippen LogP contribution in [0, 0.1) is 11.3 Å². The van der Waals surface area contributed by atoms with Crippen molar-refractivity contribution in [3.05, 3.63) is 154 Å². The maximum absolute atomic E-state index is 9.41. The largest absolute Gasteiger partial charge is 0.310 e. The number of benzene rings is 5. The van der Waals surface area contributed by atoms with Crippen molar-refractivity contribution in [2.24, 2.45) is 0 Å². The van der Waals surface area contributed by atoms with Crippen molar-refractivity contribution in [1.29, 1.82) is 5.26 Å². The van der Waals surface area contributed by atoms with Crippen LogP contribution in [0.15, 0.2) is 125 Å². The predicted molar refractivity (Wildman–Crippen MR) is 167 cm³/mol. The highest BCUT2D eigenvalue weighted by Gasteiger charge is 2.50. The van der Waals surface area contributed by atoms with E-state index >= 15 is 0 Å². The summed E-state index contributed by atoms with van der Waals surface area (Å²) in [5.41, 5.74) is 13.4. The second kappa shape index (κ2) is 8.36. The van der Waals surface area contributed by atoms with Gasteiger partial charge in [-0.3, -0.25) is 0 Å². The maximum atomic E-state index is 9.41. The highest BCUT2D eigenvalue weighted by molar-refractivity contribution is 7.99. The summed E-state index contributed by atoms with van der Waals surface area (Å²) in [4.78, 5) is 2.61. The Morgan fingerprint density at radius 3 is 2.12 bits per heavy atom. The van der Waals surface area contributed by atoms with Gasteiger partial charge in [0.15, 0.2) is 0 Å². The van der Waals surface area contributed by atoms with Gasteiger partial charge in [-0.15, -0.1) is 0 Å². The van der Waals surface area contributed by atoms with Crippen molar-refractivity contribution in [2.45, 2.75) is 28.0 Å². The summed E-state index contributed by atoms with van der Waals surface area (Å²) >= 11 is 1.89. The molecule has 0 amide bonds. The van der Waals surface area contributed by atoms with Gasteiger partial charge in [-0.25, -0.2) is 0 Å². The number of aryl methyl sites for hydroxylation is 1. The molecule has 1 spiro atoms. The first-order chi connectivity index (χ1) is 20.3. The van der Waals surface area contributed by atoms with Crippen LogP contribution >= 0.6 is 11.8 Å². The van der Waals surface area contributed by atoms with Gasteiger partial charge in [-0.2, -0.15) is 5.26 Å². The van der Waals surface area contributed by atoms with Crippen molar-refractivity contribution in [3.63, 3.8) is 0 Å². The van der Waals surface area contributed by atoms with Gasteiger partial charge in [-0.1, -0.05) is 84.6 Å². The van der Waals surface area contributed by atoms with Crippen molar-refractivity contribution in [1.82, 2.24) is 4.57 Å². The van der Waals surface area contributed by atoms with E-state index < -0.39 is 0 Å². The number of rotatable bonds is 1. The third kappa shape index (κ3) is 2.93. The fourth-order valence-corrected chi connectivity index (χ4v) is 8.75. The molecule has 1 aromatic heterocycles. The highest BCUT2D eigenvalue weighted by Crippen LogP contribution is 2.62. The Kier molecular flexibility index (Phi) is 4.69. The van der Waals surface area contributed by atoms with Crippen LogP contribution in [-0.4, -0.2) is 4.57 Å². The highest BCUT2D eigenvalue weighted by atomic mass is 32.2. The Labute approximate surface area is 243 Å². The number of aromatic nitrogens is 1. The van der Waals surface area contributed by atoms with E-state index in [4.69, 9.17) is 0 Å². The lowest BCUT2D eigenvalue weighted by Gasteiger charge is -2.39. The van der Waals surface area contributed by atoms with E-state index in [-0.39, 0.29) is 5.41 Å². The maximum Gasteiger partial charge on any atom is 0.0991 e. The lowest BCUT2D eigenvalue weighted by atomic mass is 9.67. The SMILES string of the molecule is N#Cc1ccc(-n2c3c(c4cc5c(cc42)Sc2ccccc2C52c4ccccc4-c4ccccc42)CCC=C3)cc1. The fourth-order valence-electron chi connectivity index (χ4n) is 7.54. The molecule has 0 unspecified atom stereocenters. The molecule has 2 aliphatic carbocycles. The number of hydrogen-bond donors (Lipinski definition) is 0. The first kappa shape index (κ1) is 23.0. The number of nitrogens with zero attached hydrogens (tertiary/aromatic N) is 2. The summed E-state index contributed by atoms with van der Waals surface area (Å²) in [6.45, 7) is 0. The summed E-state index contributed by atoms with van der Waals surface area (Å²) < 4.78 is 2.39. The third-order valence-electron chi connectivity index (χ3n) is 9.17. The molecule has 192 valence electrons. The lowest BCUT2D eigenvalue weighted by Crippen LogP contribution is -2.32. The van der Waals surface area contributed by atoms with Crippen LogP contribution in [0.3, 0.4) is 0 Å². The second-order valence-electron chi connectivity index (χ2n) is 11.1. The summed E-state index contributed by atoms with van der Waals surface area (Å²) in [7, 11) is 0. The molecular formula is C38H24N2S. The average Bonchev–Trinajstić information content (AvgIpc) is 3.51. The van der Waals surface area contributed by atoms with Crippen LogP contribution in [0.4, 0.5) is 0 Å². The third-order valence-corrected chi connectivity index (χ3v) is 10.3. The molecule has 2 nitrogen and oxygen atoms in total. The topological polar surface area (TPSA) is 28.7 Å². The van der Waals surface area contributed by atoms with Crippen LogP contribution in [0.2, 0.25) is 0 Å². The molecule has 1 aliphatic heterocycles. The Balaban J connectivity index is 1.42. The monoisotopic (exact) mass is 540 g/mol. The summed E-state index contributed by atoms with van der Waals surface area (Å²) in [5.74, 6) is 0. The van der Waals surface area contributed by atoms with Crippen LogP contribution in [0.5, 0.6) is 0 Å². The molecule has 41 heavy (non-hydrogen) atoms. The van der Waals surface area contributed by atoms with E-state index in [0.717, 1.165) is 18.5 Å². The first-order valence-electron chi connectivity index (χ1n) is 14.1. The van der Waals surface area contributed by atoms with Crippen LogP contribution < -0.4 is 0 Å². The molecule has 0 atom stereocenters. The Morgan fingerprint density at radius 2 is 1.39 bits per heavy atom. The first-order valence-corrected chi connectivity index (χ1v) is 15.0. The minimum absolute atomic E-state index is 0.369. The molecule has 0 saturated carbocycles. The van der Waals surface area contributed by atoms with Gasteiger partial charge in [0.05, 0.1) is 22.6 Å². The molecular weight excluding hydrogens is 516 g/mol. The van der Waals surface area contributed by atoms with E-state index in [9.17, 15) is 5.26 Å². The van der Waals surface area contributed by atoms with Crippen molar-refractivity contribution < 1.29 is 0 Å². The Hall–Kier alpha value is -4.78.